The number of rotatable bonds is 4. The molecule has 2 rings (SSSR count). The summed E-state index contributed by atoms with van der Waals surface area (Å²) in [5, 5.41) is 21.4. The van der Waals surface area contributed by atoms with Crippen LogP contribution in [0.3, 0.4) is 0 Å². The Morgan fingerprint density at radius 3 is 2.08 bits per heavy atom. The Bertz CT molecular complexity index is 682. The van der Waals surface area contributed by atoms with Crippen molar-refractivity contribution in [2.45, 2.75) is 57.6 Å². The van der Waals surface area contributed by atoms with E-state index in [4.69, 9.17) is 5.11 Å². The Hall–Kier alpha value is -1.50. The highest BCUT2D eigenvalue weighted by Gasteiger charge is 2.38. The summed E-state index contributed by atoms with van der Waals surface area (Å²) >= 11 is 1.39. The number of benzene rings is 1. The summed E-state index contributed by atoms with van der Waals surface area (Å²) in [7, 11) is 0. The third kappa shape index (κ3) is 4.08. The molecule has 3 N–H and O–H groups in total. The molecule has 1 aromatic rings. The molecule has 5 nitrogen and oxygen atoms in total. The number of aliphatic hydroxyl groups excluding tert-OH is 1. The monoisotopic (exact) mass is 378 g/mol. The maximum atomic E-state index is 12.9. The van der Waals surface area contributed by atoms with E-state index < -0.39 is 5.25 Å². The summed E-state index contributed by atoms with van der Waals surface area (Å²) in [6.45, 7) is 16.5. The fourth-order valence-electron chi connectivity index (χ4n) is 2.97. The van der Waals surface area contributed by atoms with E-state index in [0.29, 0.717) is 10.8 Å². The Morgan fingerprint density at radius 2 is 1.65 bits per heavy atom. The highest BCUT2D eigenvalue weighted by molar-refractivity contribution is 8.04. The van der Waals surface area contributed by atoms with Crippen LogP contribution in [0, 0.1) is 0 Å². The van der Waals surface area contributed by atoms with E-state index in [9.17, 15) is 9.90 Å². The smallest absolute Gasteiger partial charge is 0.259 e. The van der Waals surface area contributed by atoms with Crippen LogP contribution in [-0.2, 0) is 15.6 Å². The van der Waals surface area contributed by atoms with Crippen molar-refractivity contribution in [1.29, 1.82) is 0 Å². The predicted molar refractivity (Wildman–Crippen MR) is 107 cm³/mol. The van der Waals surface area contributed by atoms with Crippen LogP contribution in [0.4, 0.5) is 0 Å². The number of hydrogen-bond acceptors (Lipinski definition) is 5. The zero-order valence-electron chi connectivity index (χ0n) is 16.5. The molecule has 26 heavy (non-hydrogen) atoms. The third-order valence-electron chi connectivity index (χ3n) is 4.38. The van der Waals surface area contributed by atoms with E-state index in [1.807, 2.05) is 12.1 Å². The lowest BCUT2D eigenvalue weighted by Gasteiger charge is -2.29. The molecule has 1 unspecified atom stereocenters. The van der Waals surface area contributed by atoms with Crippen molar-refractivity contribution in [2.75, 3.05) is 13.2 Å². The Balaban J connectivity index is 2.53. The van der Waals surface area contributed by atoms with Crippen LogP contribution < -0.4 is 5.43 Å². The molecule has 0 aliphatic carbocycles. The molecule has 1 amide bonds. The van der Waals surface area contributed by atoms with Crippen molar-refractivity contribution in [2.24, 2.45) is 0 Å². The molecule has 1 saturated heterocycles. The van der Waals surface area contributed by atoms with Crippen molar-refractivity contribution in [3.8, 4) is 5.75 Å². The zero-order valence-corrected chi connectivity index (χ0v) is 17.3. The second-order valence-corrected chi connectivity index (χ2v) is 9.84. The lowest BCUT2D eigenvalue weighted by atomic mass is 9.78. The number of phenols is 1. The molecular weight excluding hydrogens is 348 g/mol. The first-order valence-electron chi connectivity index (χ1n) is 8.79. The van der Waals surface area contributed by atoms with Crippen molar-refractivity contribution in [1.82, 2.24) is 10.4 Å². The van der Waals surface area contributed by atoms with Gasteiger partial charge in [-0.05, 0) is 39.7 Å². The zero-order chi connectivity index (χ0) is 19.9. The fourth-order valence-corrected chi connectivity index (χ4v) is 3.98. The molecular formula is C20H30N2O3S. The minimum atomic E-state index is -0.420. The number of hydrazine groups is 1. The number of carbonyl (C=O) groups excluding carboxylic acids is 1. The fraction of sp³-hybridized carbons (Fsp3) is 0.550. The first kappa shape index (κ1) is 20.8. The topological polar surface area (TPSA) is 72.8 Å². The largest absolute Gasteiger partial charge is 0.507 e. The molecule has 0 aromatic heterocycles. The SMILES string of the molecule is C=C1SC(c2cc(C(C)(C)C)c(O)c(C(C)(C)C)c2)C(=O)N1NCCO. The highest BCUT2D eigenvalue weighted by atomic mass is 32.2. The number of phenolic OH excluding ortho intramolecular Hbond substituents is 1. The minimum absolute atomic E-state index is 0.0616. The minimum Gasteiger partial charge on any atom is -0.507 e. The number of nitrogens with zero attached hydrogens (tertiary/aromatic N) is 1. The van der Waals surface area contributed by atoms with Crippen LogP contribution in [-0.4, -0.2) is 34.3 Å². The van der Waals surface area contributed by atoms with E-state index >= 15 is 0 Å². The molecule has 6 heteroatoms. The van der Waals surface area contributed by atoms with Gasteiger partial charge in [0.05, 0.1) is 11.6 Å². The van der Waals surface area contributed by atoms with Crippen molar-refractivity contribution >= 4 is 17.7 Å². The summed E-state index contributed by atoms with van der Waals surface area (Å²) in [4.78, 5) is 12.9. The van der Waals surface area contributed by atoms with E-state index in [1.165, 1.54) is 16.8 Å². The summed E-state index contributed by atoms with van der Waals surface area (Å²) in [5.41, 5.74) is 4.92. The van der Waals surface area contributed by atoms with Gasteiger partial charge in [-0.25, -0.2) is 10.4 Å². The molecule has 1 aliphatic rings. The van der Waals surface area contributed by atoms with Gasteiger partial charge in [-0.15, -0.1) is 0 Å². The van der Waals surface area contributed by atoms with Gasteiger partial charge in [0.25, 0.3) is 5.91 Å². The van der Waals surface area contributed by atoms with Gasteiger partial charge in [0.15, 0.2) is 0 Å². The molecule has 1 aliphatic heterocycles. The van der Waals surface area contributed by atoms with Gasteiger partial charge in [0.2, 0.25) is 0 Å². The maximum absolute atomic E-state index is 12.9. The number of hydrogen-bond donors (Lipinski definition) is 3. The predicted octanol–water partition coefficient (Wildman–Crippen LogP) is 3.57. The first-order chi connectivity index (χ1) is 11.9. The van der Waals surface area contributed by atoms with Crippen molar-refractivity contribution in [3.05, 3.63) is 40.4 Å². The van der Waals surface area contributed by atoms with Gasteiger partial charge < -0.3 is 10.2 Å². The first-order valence-corrected chi connectivity index (χ1v) is 9.67. The number of carbonyl (C=O) groups is 1. The lowest BCUT2D eigenvalue weighted by molar-refractivity contribution is -0.130. The van der Waals surface area contributed by atoms with Gasteiger partial charge >= 0.3 is 0 Å². The lowest BCUT2D eigenvalue weighted by Crippen LogP contribution is -2.40. The summed E-state index contributed by atoms with van der Waals surface area (Å²) in [6.07, 6.45) is 0. The average molecular weight is 379 g/mol. The molecule has 0 saturated carbocycles. The van der Waals surface area contributed by atoms with Crippen molar-refractivity contribution in [3.63, 3.8) is 0 Å². The molecule has 0 bridgehead atoms. The summed E-state index contributed by atoms with van der Waals surface area (Å²) in [6, 6.07) is 3.87. The molecule has 1 fully saturated rings. The van der Waals surface area contributed by atoms with Gasteiger partial charge in [-0.2, -0.15) is 0 Å². The molecule has 1 aromatic carbocycles. The quantitative estimate of drug-likeness (QED) is 0.747. The second-order valence-electron chi connectivity index (χ2n) is 8.66. The Morgan fingerprint density at radius 1 is 1.15 bits per heavy atom. The molecule has 0 radical (unpaired) electrons. The maximum Gasteiger partial charge on any atom is 0.259 e. The molecule has 144 valence electrons. The van der Waals surface area contributed by atoms with Gasteiger partial charge in [0, 0.05) is 6.54 Å². The molecule has 1 heterocycles. The van der Waals surface area contributed by atoms with Crippen LogP contribution in [0.1, 0.15) is 63.5 Å². The normalized spacial score (nSPS) is 18.7. The Labute approximate surface area is 160 Å². The van der Waals surface area contributed by atoms with Gasteiger partial charge in [-0.1, -0.05) is 59.9 Å². The third-order valence-corrected chi connectivity index (χ3v) is 5.54. The van der Waals surface area contributed by atoms with E-state index in [2.05, 4.69) is 53.5 Å². The second kappa shape index (κ2) is 7.25. The summed E-state index contributed by atoms with van der Waals surface area (Å²) < 4.78 is 0. The van der Waals surface area contributed by atoms with Gasteiger partial charge in [0.1, 0.15) is 11.0 Å². The Kier molecular flexibility index (Phi) is 5.80. The number of aliphatic hydroxyl groups is 1. The van der Waals surface area contributed by atoms with Crippen LogP contribution in [0.2, 0.25) is 0 Å². The van der Waals surface area contributed by atoms with Gasteiger partial charge in [-0.3, -0.25) is 4.79 Å². The van der Waals surface area contributed by atoms with Crippen LogP contribution in [0.25, 0.3) is 0 Å². The van der Waals surface area contributed by atoms with Crippen molar-refractivity contribution < 1.29 is 15.0 Å². The van der Waals surface area contributed by atoms with Crippen LogP contribution in [0.15, 0.2) is 23.7 Å². The number of amides is 1. The standard InChI is InChI=1S/C20H30N2O3S/c1-12-22(21-8-9-23)18(25)17(26-12)13-10-14(19(2,3)4)16(24)15(11-13)20(5,6)7/h10-11,17,21,23-24H,1,8-9H2,2-7H3. The van der Waals surface area contributed by atoms with E-state index in [-0.39, 0.29) is 29.9 Å². The number of aromatic hydroxyl groups is 1. The highest BCUT2D eigenvalue weighted by Crippen LogP contribution is 2.47. The molecule has 0 spiro atoms. The van der Waals surface area contributed by atoms with E-state index in [1.54, 1.807) is 0 Å². The number of nitrogens with one attached hydrogen (secondary N) is 1. The van der Waals surface area contributed by atoms with Crippen LogP contribution in [0.5, 0.6) is 5.75 Å². The molecule has 1 atom stereocenters. The van der Waals surface area contributed by atoms with Crippen LogP contribution >= 0.6 is 11.8 Å². The number of thioether (sulfide) groups is 1. The van der Waals surface area contributed by atoms with E-state index in [0.717, 1.165) is 16.7 Å². The summed E-state index contributed by atoms with van der Waals surface area (Å²) in [5.74, 6) is 0.192. The average Bonchev–Trinajstić information content (AvgIpc) is 2.78.